The zero-order valence-corrected chi connectivity index (χ0v) is 10.3. The highest BCUT2D eigenvalue weighted by atomic mass is 16.4. The molecule has 1 aromatic heterocycles. The van der Waals surface area contributed by atoms with Gasteiger partial charge in [0, 0.05) is 19.7 Å². The second-order valence-corrected chi connectivity index (χ2v) is 4.31. The number of anilines is 1. The van der Waals surface area contributed by atoms with Crippen molar-refractivity contribution in [1.29, 1.82) is 0 Å². The molecule has 3 aromatic rings. The van der Waals surface area contributed by atoms with Crippen molar-refractivity contribution in [1.82, 2.24) is 10.2 Å². The molecular formula is C14H13N3O. The molecule has 0 saturated carbocycles. The molecule has 0 N–H and O–H groups in total. The summed E-state index contributed by atoms with van der Waals surface area (Å²) < 4.78 is 5.64. The van der Waals surface area contributed by atoms with Crippen LogP contribution in [0.15, 0.2) is 46.9 Å². The molecule has 0 radical (unpaired) electrons. The van der Waals surface area contributed by atoms with Gasteiger partial charge in [0.05, 0.1) is 0 Å². The maximum Gasteiger partial charge on any atom is 0.317 e. The molecule has 0 aliphatic rings. The molecule has 0 spiro atoms. The average molecular weight is 239 g/mol. The van der Waals surface area contributed by atoms with Gasteiger partial charge in [0.25, 0.3) is 0 Å². The minimum Gasteiger partial charge on any atom is -0.403 e. The largest absolute Gasteiger partial charge is 0.403 e. The summed E-state index contributed by atoms with van der Waals surface area (Å²) in [6.45, 7) is 0. The Balaban J connectivity index is 2.18. The van der Waals surface area contributed by atoms with Crippen molar-refractivity contribution in [2.45, 2.75) is 0 Å². The van der Waals surface area contributed by atoms with Crippen LogP contribution in [0.1, 0.15) is 0 Å². The molecule has 0 aliphatic carbocycles. The van der Waals surface area contributed by atoms with Crippen LogP contribution in [0.4, 0.5) is 6.01 Å². The SMILES string of the molecule is CN(C)c1nnc(-c2cccc3ccccc23)o1. The normalized spacial score (nSPS) is 10.8. The van der Waals surface area contributed by atoms with Crippen molar-refractivity contribution in [3.8, 4) is 11.5 Å². The number of benzene rings is 2. The molecular weight excluding hydrogens is 226 g/mol. The lowest BCUT2D eigenvalue weighted by Crippen LogP contribution is -2.08. The first-order valence-corrected chi connectivity index (χ1v) is 5.74. The molecule has 0 atom stereocenters. The molecule has 3 rings (SSSR count). The smallest absolute Gasteiger partial charge is 0.317 e. The third-order valence-corrected chi connectivity index (χ3v) is 2.82. The summed E-state index contributed by atoms with van der Waals surface area (Å²) in [7, 11) is 3.75. The van der Waals surface area contributed by atoms with Gasteiger partial charge in [-0.15, -0.1) is 5.10 Å². The van der Waals surface area contributed by atoms with Crippen LogP contribution in [0.2, 0.25) is 0 Å². The van der Waals surface area contributed by atoms with Crippen LogP contribution < -0.4 is 4.90 Å². The van der Waals surface area contributed by atoms with E-state index in [2.05, 4.69) is 28.4 Å². The van der Waals surface area contributed by atoms with Gasteiger partial charge in [-0.3, -0.25) is 0 Å². The Kier molecular flexibility index (Phi) is 2.48. The second-order valence-electron chi connectivity index (χ2n) is 4.31. The monoisotopic (exact) mass is 239 g/mol. The average Bonchev–Trinajstić information content (AvgIpc) is 2.87. The standard InChI is InChI=1S/C14H13N3O/c1-17(2)14-16-15-13(18-14)12-9-5-7-10-6-3-4-8-11(10)12/h3-9H,1-2H3. The van der Waals surface area contributed by atoms with Gasteiger partial charge in [-0.25, -0.2) is 0 Å². The molecule has 18 heavy (non-hydrogen) atoms. The number of aromatic nitrogens is 2. The van der Waals surface area contributed by atoms with E-state index < -0.39 is 0 Å². The first kappa shape index (κ1) is 10.8. The fourth-order valence-electron chi connectivity index (χ4n) is 1.92. The first-order chi connectivity index (χ1) is 8.75. The van der Waals surface area contributed by atoms with E-state index in [1.54, 1.807) is 4.90 Å². The number of fused-ring (bicyclic) bond motifs is 1. The highest BCUT2D eigenvalue weighted by Crippen LogP contribution is 2.28. The summed E-state index contributed by atoms with van der Waals surface area (Å²) in [5.74, 6) is 0.551. The summed E-state index contributed by atoms with van der Waals surface area (Å²) in [5, 5.41) is 10.4. The minimum absolute atomic E-state index is 0.512. The summed E-state index contributed by atoms with van der Waals surface area (Å²) in [6.07, 6.45) is 0. The molecule has 2 aromatic carbocycles. The van der Waals surface area contributed by atoms with Crippen molar-refractivity contribution < 1.29 is 4.42 Å². The zero-order chi connectivity index (χ0) is 12.5. The van der Waals surface area contributed by atoms with E-state index in [-0.39, 0.29) is 0 Å². The van der Waals surface area contributed by atoms with E-state index in [1.165, 1.54) is 5.39 Å². The van der Waals surface area contributed by atoms with Gasteiger partial charge in [-0.05, 0) is 16.8 Å². The summed E-state index contributed by atoms with van der Waals surface area (Å²) in [4.78, 5) is 1.79. The van der Waals surface area contributed by atoms with Crippen LogP contribution in [-0.4, -0.2) is 24.3 Å². The number of nitrogens with zero attached hydrogens (tertiary/aromatic N) is 3. The Morgan fingerprint density at radius 3 is 2.50 bits per heavy atom. The Morgan fingerprint density at radius 1 is 0.944 bits per heavy atom. The molecule has 1 heterocycles. The first-order valence-electron chi connectivity index (χ1n) is 5.74. The lowest BCUT2D eigenvalue weighted by atomic mass is 10.0. The Labute approximate surface area is 105 Å². The Bertz CT molecular complexity index is 683. The second kappa shape index (κ2) is 4.14. The van der Waals surface area contributed by atoms with E-state index in [1.807, 2.05) is 38.4 Å². The van der Waals surface area contributed by atoms with Crippen molar-refractivity contribution in [3.05, 3.63) is 42.5 Å². The number of hydrogen-bond acceptors (Lipinski definition) is 4. The predicted octanol–water partition coefficient (Wildman–Crippen LogP) is 2.96. The van der Waals surface area contributed by atoms with Gasteiger partial charge >= 0.3 is 6.01 Å². The molecule has 0 unspecified atom stereocenters. The molecule has 4 nitrogen and oxygen atoms in total. The van der Waals surface area contributed by atoms with Crippen molar-refractivity contribution in [2.75, 3.05) is 19.0 Å². The minimum atomic E-state index is 0.512. The molecule has 0 bridgehead atoms. The van der Waals surface area contributed by atoms with Crippen molar-refractivity contribution in [3.63, 3.8) is 0 Å². The van der Waals surface area contributed by atoms with Gasteiger partial charge < -0.3 is 9.32 Å². The van der Waals surface area contributed by atoms with Crippen LogP contribution in [0.5, 0.6) is 0 Å². The van der Waals surface area contributed by atoms with Crippen LogP contribution in [0.3, 0.4) is 0 Å². The molecule has 0 amide bonds. The summed E-state index contributed by atoms with van der Waals surface area (Å²) in [5.41, 5.74) is 0.966. The Hall–Kier alpha value is -2.36. The number of rotatable bonds is 2. The highest BCUT2D eigenvalue weighted by molar-refractivity contribution is 5.94. The summed E-state index contributed by atoms with van der Waals surface area (Å²) in [6, 6.07) is 14.7. The fourth-order valence-corrected chi connectivity index (χ4v) is 1.92. The highest BCUT2D eigenvalue weighted by Gasteiger charge is 2.12. The Morgan fingerprint density at radius 2 is 1.72 bits per heavy atom. The van der Waals surface area contributed by atoms with Crippen LogP contribution in [-0.2, 0) is 0 Å². The third-order valence-electron chi connectivity index (χ3n) is 2.82. The van der Waals surface area contributed by atoms with E-state index >= 15 is 0 Å². The summed E-state index contributed by atoms with van der Waals surface area (Å²) >= 11 is 0. The third kappa shape index (κ3) is 1.72. The fraction of sp³-hybridized carbons (Fsp3) is 0.143. The number of hydrogen-bond donors (Lipinski definition) is 0. The van der Waals surface area contributed by atoms with E-state index in [0.29, 0.717) is 11.9 Å². The lowest BCUT2D eigenvalue weighted by molar-refractivity contribution is 0.566. The van der Waals surface area contributed by atoms with Crippen molar-refractivity contribution >= 4 is 16.8 Å². The van der Waals surface area contributed by atoms with Crippen LogP contribution in [0.25, 0.3) is 22.2 Å². The molecule has 90 valence electrons. The lowest BCUT2D eigenvalue weighted by Gasteiger charge is -2.04. The molecule has 0 aliphatic heterocycles. The predicted molar refractivity (Wildman–Crippen MR) is 71.6 cm³/mol. The van der Waals surface area contributed by atoms with Crippen molar-refractivity contribution in [2.24, 2.45) is 0 Å². The van der Waals surface area contributed by atoms with Gasteiger partial charge in [0.1, 0.15) is 0 Å². The topological polar surface area (TPSA) is 42.2 Å². The van der Waals surface area contributed by atoms with Crippen LogP contribution >= 0.6 is 0 Å². The van der Waals surface area contributed by atoms with E-state index in [0.717, 1.165) is 10.9 Å². The zero-order valence-electron chi connectivity index (χ0n) is 10.3. The maximum absolute atomic E-state index is 5.64. The molecule has 0 fully saturated rings. The molecule has 0 saturated heterocycles. The molecule has 4 heteroatoms. The van der Waals surface area contributed by atoms with Gasteiger partial charge in [-0.2, -0.15) is 0 Å². The quantitative estimate of drug-likeness (QED) is 0.689. The van der Waals surface area contributed by atoms with E-state index in [9.17, 15) is 0 Å². The van der Waals surface area contributed by atoms with Gasteiger partial charge in [0.2, 0.25) is 5.89 Å². The van der Waals surface area contributed by atoms with Gasteiger partial charge in [-0.1, -0.05) is 41.5 Å². The van der Waals surface area contributed by atoms with E-state index in [4.69, 9.17) is 4.42 Å². The maximum atomic E-state index is 5.64. The van der Waals surface area contributed by atoms with Gasteiger partial charge in [0.15, 0.2) is 0 Å². The van der Waals surface area contributed by atoms with Crippen LogP contribution in [0, 0.1) is 0 Å².